The number of nitrogens with zero attached hydrogens (tertiary/aromatic N) is 1. The molecule has 0 fully saturated rings. The SMILES string of the molecule is Nc1nc(CCc2ccc(F)cc2)co1. The Morgan fingerprint density at radius 3 is 2.53 bits per heavy atom. The van der Waals surface area contributed by atoms with E-state index in [4.69, 9.17) is 10.2 Å². The van der Waals surface area contributed by atoms with Crippen molar-refractivity contribution in [1.82, 2.24) is 4.98 Å². The molecule has 0 aliphatic heterocycles. The van der Waals surface area contributed by atoms with Crippen LogP contribution in [-0.4, -0.2) is 4.98 Å². The third-order valence-corrected chi connectivity index (χ3v) is 2.15. The molecule has 0 bridgehead atoms. The number of aryl methyl sites for hydroxylation is 2. The molecular formula is C11H11FN2O. The highest BCUT2D eigenvalue weighted by Crippen LogP contribution is 2.09. The number of nitrogens with two attached hydrogens (primary N) is 1. The molecule has 78 valence electrons. The molecule has 2 aromatic rings. The van der Waals surface area contributed by atoms with Gasteiger partial charge >= 0.3 is 0 Å². The van der Waals surface area contributed by atoms with Crippen LogP contribution in [0.4, 0.5) is 10.4 Å². The van der Waals surface area contributed by atoms with Gasteiger partial charge in [-0.1, -0.05) is 12.1 Å². The van der Waals surface area contributed by atoms with Gasteiger partial charge in [-0.25, -0.2) is 4.39 Å². The molecule has 15 heavy (non-hydrogen) atoms. The third-order valence-electron chi connectivity index (χ3n) is 2.15. The van der Waals surface area contributed by atoms with Crippen LogP contribution in [0.15, 0.2) is 34.9 Å². The molecule has 4 heteroatoms. The second-order valence-electron chi connectivity index (χ2n) is 3.30. The van der Waals surface area contributed by atoms with E-state index in [0.717, 1.165) is 24.1 Å². The average Bonchev–Trinajstić information content (AvgIpc) is 2.64. The van der Waals surface area contributed by atoms with Crippen LogP contribution < -0.4 is 5.73 Å². The lowest BCUT2D eigenvalue weighted by Crippen LogP contribution is -1.92. The molecule has 1 aromatic heterocycles. The minimum atomic E-state index is -0.218. The lowest BCUT2D eigenvalue weighted by molar-refractivity contribution is 0.578. The van der Waals surface area contributed by atoms with Crippen molar-refractivity contribution in [2.24, 2.45) is 0 Å². The summed E-state index contributed by atoms with van der Waals surface area (Å²) in [5, 5.41) is 0. The molecule has 0 saturated carbocycles. The van der Waals surface area contributed by atoms with E-state index in [1.54, 1.807) is 18.4 Å². The average molecular weight is 206 g/mol. The molecule has 2 N–H and O–H groups in total. The summed E-state index contributed by atoms with van der Waals surface area (Å²) < 4.78 is 17.5. The molecule has 2 rings (SSSR count). The summed E-state index contributed by atoms with van der Waals surface area (Å²) in [6, 6.07) is 6.61. The monoisotopic (exact) mass is 206 g/mol. The van der Waals surface area contributed by atoms with Crippen LogP contribution in [0, 0.1) is 5.82 Å². The summed E-state index contributed by atoms with van der Waals surface area (Å²) in [6.07, 6.45) is 3.08. The lowest BCUT2D eigenvalue weighted by atomic mass is 10.1. The summed E-state index contributed by atoms with van der Waals surface area (Å²) in [5.74, 6) is -0.218. The van der Waals surface area contributed by atoms with E-state index < -0.39 is 0 Å². The fraction of sp³-hybridized carbons (Fsp3) is 0.182. The number of hydrogen-bond acceptors (Lipinski definition) is 3. The highest BCUT2D eigenvalue weighted by atomic mass is 19.1. The quantitative estimate of drug-likeness (QED) is 0.837. The Hall–Kier alpha value is -1.84. The van der Waals surface area contributed by atoms with Gasteiger partial charge in [0, 0.05) is 0 Å². The highest BCUT2D eigenvalue weighted by molar-refractivity contribution is 5.18. The van der Waals surface area contributed by atoms with Gasteiger partial charge in [0.25, 0.3) is 6.01 Å². The van der Waals surface area contributed by atoms with E-state index >= 15 is 0 Å². The van der Waals surface area contributed by atoms with Crippen LogP contribution in [0.2, 0.25) is 0 Å². The van der Waals surface area contributed by atoms with Crippen molar-refractivity contribution in [3.05, 3.63) is 47.6 Å². The number of anilines is 1. The smallest absolute Gasteiger partial charge is 0.292 e. The van der Waals surface area contributed by atoms with E-state index in [9.17, 15) is 4.39 Å². The molecule has 0 aliphatic carbocycles. The summed E-state index contributed by atoms with van der Waals surface area (Å²) in [6.45, 7) is 0. The number of halogens is 1. The maximum absolute atomic E-state index is 12.6. The van der Waals surface area contributed by atoms with Crippen molar-refractivity contribution in [2.75, 3.05) is 5.73 Å². The number of nitrogen functional groups attached to an aromatic ring is 1. The normalized spacial score (nSPS) is 10.5. The van der Waals surface area contributed by atoms with Crippen molar-refractivity contribution in [1.29, 1.82) is 0 Å². The van der Waals surface area contributed by atoms with E-state index in [-0.39, 0.29) is 11.8 Å². The summed E-state index contributed by atoms with van der Waals surface area (Å²) in [4.78, 5) is 3.98. The maximum Gasteiger partial charge on any atom is 0.292 e. The van der Waals surface area contributed by atoms with Crippen LogP contribution in [0.3, 0.4) is 0 Å². The number of benzene rings is 1. The van der Waals surface area contributed by atoms with Crippen LogP contribution in [-0.2, 0) is 12.8 Å². The fourth-order valence-electron chi connectivity index (χ4n) is 1.36. The van der Waals surface area contributed by atoms with Gasteiger partial charge in [-0.2, -0.15) is 4.98 Å². The molecule has 0 spiro atoms. The molecule has 0 atom stereocenters. The minimum absolute atomic E-state index is 0.184. The van der Waals surface area contributed by atoms with Crippen molar-refractivity contribution < 1.29 is 8.81 Å². The second kappa shape index (κ2) is 4.13. The Labute approximate surface area is 86.7 Å². The predicted molar refractivity (Wildman–Crippen MR) is 54.7 cm³/mol. The van der Waals surface area contributed by atoms with Crippen LogP contribution in [0.5, 0.6) is 0 Å². The fourth-order valence-corrected chi connectivity index (χ4v) is 1.36. The molecule has 0 unspecified atom stereocenters. The molecular weight excluding hydrogens is 195 g/mol. The molecule has 0 aliphatic rings. The zero-order valence-corrected chi connectivity index (χ0v) is 8.11. The van der Waals surface area contributed by atoms with Gasteiger partial charge in [-0.15, -0.1) is 0 Å². The van der Waals surface area contributed by atoms with Crippen molar-refractivity contribution >= 4 is 6.01 Å². The van der Waals surface area contributed by atoms with Crippen molar-refractivity contribution in [2.45, 2.75) is 12.8 Å². The molecule has 0 amide bonds. The number of rotatable bonds is 3. The second-order valence-corrected chi connectivity index (χ2v) is 3.30. The maximum atomic E-state index is 12.6. The summed E-state index contributed by atoms with van der Waals surface area (Å²) in [7, 11) is 0. The minimum Gasteiger partial charge on any atom is -0.432 e. The van der Waals surface area contributed by atoms with Gasteiger partial charge < -0.3 is 10.2 Å². The molecule has 1 heterocycles. The predicted octanol–water partition coefficient (Wildman–Crippen LogP) is 2.18. The van der Waals surface area contributed by atoms with Crippen molar-refractivity contribution in [3.8, 4) is 0 Å². The first kappa shape index (κ1) is 9.71. The topological polar surface area (TPSA) is 52.0 Å². The first-order valence-corrected chi connectivity index (χ1v) is 4.68. The van der Waals surface area contributed by atoms with Crippen molar-refractivity contribution in [3.63, 3.8) is 0 Å². The summed E-state index contributed by atoms with van der Waals surface area (Å²) in [5.41, 5.74) is 7.22. The number of aromatic nitrogens is 1. The van der Waals surface area contributed by atoms with Gasteiger partial charge in [-0.3, -0.25) is 0 Å². The first-order valence-electron chi connectivity index (χ1n) is 4.68. The first-order chi connectivity index (χ1) is 7.24. The zero-order chi connectivity index (χ0) is 10.7. The van der Waals surface area contributed by atoms with Gasteiger partial charge in [0.15, 0.2) is 0 Å². The standard InChI is InChI=1S/C11H11FN2O/c12-9-4-1-8(2-5-9)3-6-10-7-15-11(13)14-10/h1-2,4-5,7H,3,6H2,(H2,13,14). The van der Waals surface area contributed by atoms with Gasteiger partial charge in [0.2, 0.25) is 0 Å². The largest absolute Gasteiger partial charge is 0.432 e. The van der Waals surface area contributed by atoms with Crippen LogP contribution in [0.25, 0.3) is 0 Å². The highest BCUT2D eigenvalue weighted by Gasteiger charge is 2.01. The van der Waals surface area contributed by atoms with Crippen LogP contribution in [0.1, 0.15) is 11.3 Å². The zero-order valence-electron chi connectivity index (χ0n) is 8.11. The Bertz CT molecular complexity index is 436. The number of hydrogen-bond donors (Lipinski definition) is 1. The lowest BCUT2D eigenvalue weighted by Gasteiger charge is -1.98. The van der Waals surface area contributed by atoms with Crippen LogP contribution >= 0.6 is 0 Å². The summed E-state index contributed by atoms with van der Waals surface area (Å²) >= 11 is 0. The van der Waals surface area contributed by atoms with Gasteiger partial charge in [-0.05, 0) is 30.5 Å². The Morgan fingerprint density at radius 2 is 1.93 bits per heavy atom. The molecule has 3 nitrogen and oxygen atoms in total. The van der Waals surface area contributed by atoms with E-state index in [1.807, 2.05) is 0 Å². The Kier molecular flexibility index (Phi) is 2.67. The Balaban J connectivity index is 1.96. The molecule has 0 radical (unpaired) electrons. The van der Waals surface area contributed by atoms with Gasteiger partial charge in [0.1, 0.15) is 12.1 Å². The molecule has 0 saturated heterocycles. The van der Waals surface area contributed by atoms with E-state index in [0.29, 0.717) is 0 Å². The van der Waals surface area contributed by atoms with E-state index in [1.165, 1.54) is 12.1 Å². The molecule has 1 aromatic carbocycles. The number of oxazole rings is 1. The third kappa shape index (κ3) is 2.56. The van der Waals surface area contributed by atoms with E-state index in [2.05, 4.69) is 4.98 Å². The van der Waals surface area contributed by atoms with Gasteiger partial charge in [0.05, 0.1) is 5.69 Å². The Morgan fingerprint density at radius 1 is 1.20 bits per heavy atom.